The number of hydrogen-bond acceptors (Lipinski definition) is 1. The normalized spacial score (nSPS) is 9.54. The summed E-state index contributed by atoms with van der Waals surface area (Å²) in [6.45, 7) is 0. The molecule has 0 aliphatic carbocycles. The fourth-order valence-corrected chi connectivity index (χ4v) is 1.19. The average molecular weight is 200 g/mol. The molecule has 0 aliphatic rings. The number of nitrogens with one attached hydrogen (secondary N) is 1. The molecule has 1 aromatic heterocycles. The maximum atomic E-state index is 10.5. The standard InChI is InChI=1S/C9H7NO2.K/c11-9(12)8-5-6-3-1-2-4-7(6)10-8;/h1-5,10H,(H,11,12);. The summed E-state index contributed by atoms with van der Waals surface area (Å²) in [5, 5.41) is 9.58. The second-order valence-electron chi connectivity index (χ2n) is 2.58. The first-order chi connectivity index (χ1) is 5.77. The molecule has 13 heavy (non-hydrogen) atoms. The molecule has 1 radical (unpaired) electrons. The number of carbonyl (C=O) groups is 1. The van der Waals surface area contributed by atoms with E-state index in [2.05, 4.69) is 4.98 Å². The summed E-state index contributed by atoms with van der Waals surface area (Å²) in [4.78, 5) is 13.3. The molecular formula is C9H7KNO2. The van der Waals surface area contributed by atoms with Gasteiger partial charge in [0.1, 0.15) is 5.69 Å². The quantitative estimate of drug-likeness (QED) is 0.685. The Morgan fingerprint density at radius 1 is 1.31 bits per heavy atom. The van der Waals surface area contributed by atoms with Crippen LogP contribution in [0, 0.1) is 0 Å². The molecule has 2 rings (SSSR count). The van der Waals surface area contributed by atoms with Gasteiger partial charge in [0.15, 0.2) is 0 Å². The van der Waals surface area contributed by atoms with Crippen molar-refractivity contribution in [1.29, 1.82) is 0 Å². The molecule has 0 amide bonds. The third-order valence-corrected chi connectivity index (χ3v) is 1.76. The number of aromatic carboxylic acids is 1. The average Bonchev–Trinajstić information content (AvgIpc) is 2.46. The molecule has 0 unspecified atom stereocenters. The molecule has 61 valence electrons. The van der Waals surface area contributed by atoms with Gasteiger partial charge in [-0.25, -0.2) is 4.79 Å². The Labute approximate surface area is 118 Å². The van der Waals surface area contributed by atoms with Gasteiger partial charge < -0.3 is 10.1 Å². The Bertz CT molecular complexity index is 403. The number of para-hydroxylation sites is 1. The molecular weight excluding hydrogens is 193 g/mol. The molecule has 1 heterocycles. The number of carboxylic acids is 1. The summed E-state index contributed by atoms with van der Waals surface area (Å²) in [5.74, 6) is -0.925. The van der Waals surface area contributed by atoms with E-state index in [0.717, 1.165) is 10.9 Å². The molecule has 0 saturated carbocycles. The number of carboxylic acid groups (broad SMARTS) is 1. The van der Waals surface area contributed by atoms with Gasteiger partial charge in [-0.05, 0) is 12.1 Å². The molecule has 3 nitrogen and oxygen atoms in total. The Morgan fingerprint density at radius 3 is 2.62 bits per heavy atom. The molecule has 2 aromatic rings. The number of aromatic amines is 1. The first-order valence-corrected chi connectivity index (χ1v) is 3.58. The van der Waals surface area contributed by atoms with E-state index in [-0.39, 0.29) is 57.1 Å². The SMILES string of the molecule is O=C(O)c1cc2ccccc2[nH]1.[K]. The molecule has 0 saturated heterocycles. The minimum Gasteiger partial charge on any atom is -0.477 e. The number of H-pyrrole nitrogens is 1. The molecule has 0 fully saturated rings. The molecule has 0 bridgehead atoms. The first-order valence-electron chi connectivity index (χ1n) is 3.58. The fourth-order valence-electron chi connectivity index (χ4n) is 1.19. The van der Waals surface area contributed by atoms with Crippen LogP contribution >= 0.6 is 0 Å². The van der Waals surface area contributed by atoms with Gasteiger partial charge in [-0.2, -0.15) is 0 Å². The summed E-state index contributed by atoms with van der Waals surface area (Å²) < 4.78 is 0. The molecule has 1 aromatic carbocycles. The minimum absolute atomic E-state index is 0. The van der Waals surface area contributed by atoms with Crippen molar-refractivity contribution in [3.8, 4) is 0 Å². The van der Waals surface area contributed by atoms with E-state index in [1.54, 1.807) is 6.07 Å². The minimum atomic E-state index is -0.925. The van der Waals surface area contributed by atoms with Crippen LogP contribution in [0.3, 0.4) is 0 Å². The van der Waals surface area contributed by atoms with Crippen LogP contribution in [0.5, 0.6) is 0 Å². The first kappa shape index (κ1) is 10.9. The topological polar surface area (TPSA) is 53.1 Å². The summed E-state index contributed by atoms with van der Waals surface area (Å²) in [7, 11) is 0. The van der Waals surface area contributed by atoms with E-state index in [1.165, 1.54) is 0 Å². The second-order valence-corrected chi connectivity index (χ2v) is 2.58. The van der Waals surface area contributed by atoms with E-state index in [4.69, 9.17) is 5.11 Å². The van der Waals surface area contributed by atoms with E-state index >= 15 is 0 Å². The van der Waals surface area contributed by atoms with Crippen molar-refractivity contribution in [2.45, 2.75) is 0 Å². The summed E-state index contributed by atoms with van der Waals surface area (Å²) in [6, 6.07) is 9.09. The van der Waals surface area contributed by atoms with E-state index < -0.39 is 5.97 Å². The van der Waals surface area contributed by atoms with Crippen LogP contribution in [0.15, 0.2) is 30.3 Å². The number of hydrogen-bond donors (Lipinski definition) is 2. The van der Waals surface area contributed by atoms with Gasteiger partial charge in [-0.3, -0.25) is 0 Å². The van der Waals surface area contributed by atoms with Crippen molar-refractivity contribution in [2.24, 2.45) is 0 Å². The van der Waals surface area contributed by atoms with Crippen LogP contribution in [-0.2, 0) is 0 Å². The van der Waals surface area contributed by atoms with Crippen LogP contribution in [0.2, 0.25) is 0 Å². The van der Waals surface area contributed by atoms with Gasteiger partial charge in [-0.1, -0.05) is 18.2 Å². The Kier molecular flexibility index (Phi) is 3.70. The van der Waals surface area contributed by atoms with Gasteiger partial charge in [0.25, 0.3) is 0 Å². The van der Waals surface area contributed by atoms with Gasteiger partial charge in [0.2, 0.25) is 0 Å². The molecule has 0 atom stereocenters. The van der Waals surface area contributed by atoms with Crippen LogP contribution in [0.25, 0.3) is 10.9 Å². The van der Waals surface area contributed by atoms with Crippen molar-refractivity contribution >= 4 is 68.3 Å². The van der Waals surface area contributed by atoms with E-state index in [0.29, 0.717) is 0 Å². The van der Waals surface area contributed by atoms with E-state index in [1.807, 2.05) is 24.3 Å². The maximum absolute atomic E-state index is 10.5. The smallest absolute Gasteiger partial charge is 0.352 e. The zero-order chi connectivity index (χ0) is 8.55. The Balaban J connectivity index is 0.000000845. The molecule has 0 spiro atoms. The van der Waals surface area contributed by atoms with Crippen molar-refractivity contribution in [3.63, 3.8) is 0 Å². The van der Waals surface area contributed by atoms with Crippen molar-refractivity contribution in [3.05, 3.63) is 36.0 Å². The molecule has 2 N–H and O–H groups in total. The Morgan fingerprint density at radius 2 is 2.00 bits per heavy atom. The number of rotatable bonds is 1. The van der Waals surface area contributed by atoms with Crippen molar-refractivity contribution in [2.75, 3.05) is 0 Å². The zero-order valence-electron chi connectivity index (χ0n) is 7.24. The summed E-state index contributed by atoms with van der Waals surface area (Å²) in [6.07, 6.45) is 0. The fraction of sp³-hybridized carbons (Fsp3) is 0. The van der Waals surface area contributed by atoms with Crippen LogP contribution in [-0.4, -0.2) is 67.4 Å². The van der Waals surface area contributed by atoms with E-state index in [9.17, 15) is 4.79 Å². The van der Waals surface area contributed by atoms with Gasteiger partial charge in [0, 0.05) is 62.3 Å². The molecule has 4 heteroatoms. The summed E-state index contributed by atoms with van der Waals surface area (Å²) in [5.41, 5.74) is 1.09. The summed E-state index contributed by atoms with van der Waals surface area (Å²) >= 11 is 0. The van der Waals surface area contributed by atoms with Gasteiger partial charge in [-0.15, -0.1) is 0 Å². The van der Waals surface area contributed by atoms with Crippen LogP contribution in [0.4, 0.5) is 0 Å². The Hall–Kier alpha value is -0.134. The largest absolute Gasteiger partial charge is 0.477 e. The predicted octanol–water partition coefficient (Wildman–Crippen LogP) is 1.49. The van der Waals surface area contributed by atoms with Crippen molar-refractivity contribution in [1.82, 2.24) is 4.98 Å². The monoisotopic (exact) mass is 200 g/mol. The van der Waals surface area contributed by atoms with Crippen LogP contribution in [0.1, 0.15) is 10.5 Å². The van der Waals surface area contributed by atoms with Gasteiger partial charge >= 0.3 is 5.97 Å². The zero-order valence-corrected chi connectivity index (χ0v) is 10.4. The maximum Gasteiger partial charge on any atom is 0.352 e. The second kappa shape index (κ2) is 4.39. The van der Waals surface area contributed by atoms with Crippen LogP contribution < -0.4 is 0 Å². The third-order valence-electron chi connectivity index (χ3n) is 1.76. The predicted molar refractivity (Wildman–Crippen MR) is 51.0 cm³/mol. The molecule has 0 aliphatic heterocycles. The van der Waals surface area contributed by atoms with Gasteiger partial charge in [0.05, 0.1) is 0 Å². The number of fused-ring (bicyclic) bond motifs is 1. The van der Waals surface area contributed by atoms with Crippen molar-refractivity contribution < 1.29 is 9.90 Å². The third kappa shape index (κ3) is 2.21. The number of aromatic nitrogens is 1. The number of benzene rings is 1.